The Balaban J connectivity index is 1.59. The monoisotopic (exact) mass is 368 g/mol. The van der Waals surface area contributed by atoms with E-state index in [9.17, 15) is 9.59 Å². The Morgan fingerprint density at radius 1 is 1.41 bits per heavy atom. The van der Waals surface area contributed by atoms with Gasteiger partial charge in [-0.15, -0.1) is 0 Å². The van der Waals surface area contributed by atoms with E-state index in [1.807, 2.05) is 17.0 Å². The molecule has 2 aliphatic rings. The zero-order chi connectivity index (χ0) is 15.7. The van der Waals surface area contributed by atoms with Crippen LogP contribution in [-0.4, -0.2) is 41.2 Å². The first-order valence-electron chi connectivity index (χ1n) is 7.83. The van der Waals surface area contributed by atoms with Crippen LogP contribution < -0.4 is 0 Å². The molecular weight excluding hydrogens is 348 g/mol. The third-order valence-corrected chi connectivity index (χ3v) is 5.10. The number of hydrogen-bond donors (Lipinski definition) is 0. The van der Waals surface area contributed by atoms with Gasteiger partial charge in [0.15, 0.2) is 4.67 Å². The minimum atomic E-state index is -0.212. The summed E-state index contributed by atoms with van der Waals surface area (Å²) in [7, 11) is 1.77. The average molecular weight is 369 g/mol. The minimum Gasteiger partial charge on any atom is -0.452 e. The highest BCUT2D eigenvalue weighted by Gasteiger charge is 2.39. The van der Waals surface area contributed by atoms with Gasteiger partial charge in [0.1, 0.15) is 5.76 Å². The Morgan fingerprint density at radius 3 is 2.77 bits per heavy atom. The lowest BCUT2D eigenvalue weighted by molar-refractivity contribution is -0.135. The summed E-state index contributed by atoms with van der Waals surface area (Å²) in [6.07, 6.45) is 4.91. The highest BCUT2D eigenvalue weighted by atomic mass is 79.9. The lowest BCUT2D eigenvalue weighted by Crippen LogP contribution is -2.37. The van der Waals surface area contributed by atoms with Crippen LogP contribution in [-0.2, 0) is 16.1 Å². The predicted octanol–water partition coefficient (Wildman–Crippen LogP) is 2.79. The van der Waals surface area contributed by atoms with Gasteiger partial charge in [-0.2, -0.15) is 0 Å². The van der Waals surface area contributed by atoms with Crippen molar-refractivity contribution in [3.05, 3.63) is 22.6 Å². The fourth-order valence-corrected chi connectivity index (χ4v) is 3.87. The topological polar surface area (TPSA) is 53.8 Å². The second kappa shape index (κ2) is 6.44. The fraction of sp³-hybridized carbons (Fsp3) is 0.625. The number of halogens is 1. The summed E-state index contributed by atoms with van der Waals surface area (Å²) in [6, 6.07) is 4.02. The van der Waals surface area contributed by atoms with Crippen molar-refractivity contribution < 1.29 is 14.0 Å². The number of carbonyl (C=O) groups excluding carboxylic acids is 2. The quantitative estimate of drug-likeness (QED) is 0.820. The van der Waals surface area contributed by atoms with Crippen LogP contribution in [0.3, 0.4) is 0 Å². The number of likely N-dealkylation sites (tertiary alicyclic amines) is 1. The van der Waals surface area contributed by atoms with Crippen LogP contribution in [0.25, 0.3) is 0 Å². The molecule has 2 heterocycles. The van der Waals surface area contributed by atoms with Gasteiger partial charge in [-0.25, -0.2) is 0 Å². The number of nitrogens with zero attached hydrogens (tertiary/aromatic N) is 2. The predicted molar refractivity (Wildman–Crippen MR) is 85.0 cm³/mol. The van der Waals surface area contributed by atoms with Crippen molar-refractivity contribution in [2.45, 2.75) is 44.7 Å². The van der Waals surface area contributed by atoms with E-state index in [4.69, 9.17) is 4.42 Å². The lowest BCUT2D eigenvalue weighted by Gasteiger charge is -2.25. The van der Waals surface area contributed by atoms with Crippen molar-refractivity contribution in [1.82, 2.24) is 9.80 Å². The Bertz CT molecular complexity index is 565. The van der Waals surface area contributed by atoms with E-state index in [0.717, 1.165) is 18.6 Å². The molecule has 1 unspecified atom stereocenters. The molecule has 2 fully saturated rings. The molecule has 2 amide bonds. The van der Waals surface area contributed by atoms with Crippen molar-refractivity contribution in [2.24, 2.45) is 5.92 Å². The van der Waals surface area contributed by atoms with Crippen molar-refractivity contribution in [1.29, 1.82) is 0 Å². The number of furan rings is 1. The normalized spacial score (nSPS) is 22.5. The second-order valence-electron chi connectivity index (χ2n) is 6.29. The zero-order valence-corrected chi connectivity index (χ0v) is 14.3. The van der Waals surface area contributed by atoms with Crippen LogP contribution in [0.15, 0.2) is 21.2 Å². The van der Waals surface area contributed by atoms with Crippen LogP contribution in [0.5, 0.6) is 0 Å². The van der Waals surface area contributed by atoms with Gasteiger partial charge in [0.2, 0.25) is 11.8 Å². The number of rotatable bonds is 4. The van der Waals surface area contributed by atoms with Gasteiger partial charge in [0.05, 0.1) is 12.5 Å². The molecule has 120 valence electrons. The summed E-state index contributed by atoms with van der Waals surface area (Å²) in [4.78, 5) is 28.3. The molecule has 1 aromatic rings. The molecule has 0 spiro atoms. The van der Waals surface area contributed by atoms with E-state index in [-0.39, 0.29) is 17.7 Å². The Morgan fingerprint density at radius 2 is 2.14 bits per heavy atom. The summed E-state index contributed by atoms with van der Waals surface area (Å²) >= 11 is 3.26. The molecular formula is C16H21BrN2O3. The molecule has 22 heavy (non-hydrogen) atoms. The van der Waals surface area contributed by atoms with E-state index in [2.05, 4.69) is 15.9 Å². The van der Waals surface area contributed by atoms with E-state index in [1.165, 1.54) is 12.8 Å². The third kappa shape index (κ3) is 3.21. The van der Waals surface area contributed by atoms with Crippen LogP contribution in [0.1, 0.15) is 37.9 Å². The van der Waals surface area contributed by atoms with E-state index < -0.39 is 0 Å². The third-order valence-electron chi connectivity index (χ3n) is 4.67. The van der Waals surface area contributed by atoms with Crippen molar-refractivity contribution in [3.63, 3.8) is 0 Å². The average Bonchev–Trinajstić information content (AvgIpc) is 3.19. The molecule has 0 bridgehead atoms. The van der Waals surface area contributed by atoms with Crippen LogP contribution in [0.2, 0.25) is 0 Å². The summed E-state index contributed by atoms with van der Waals surface area (Å²) in [5, 5.41) is 0. The van der Waals surface area contributed by atoms with Crippen LogP contribution in [0.4, 0.5) is 0 Å². The van der Waals surface area contributed by atoms with Gasteiger partial charge in [-0.05, 0) is 40.9 Å². The van der Waals surface area contributed by atoms with Gasteiger partial charge in [0, 0.05) is 26.1 Å². The molecule has 1 saturated heterocycles. The van der Waals surface area contributed by atoms with E-state index >= 15 is 0 Å². The molecule has 1 aliphatic carbocycles. The standard InChI is InChI=1S/C16H21BrN2O3/c1-18(10-13-6-7-14(17)22-13)16(21)11-8-15(20)19(9-11)12-4-2-3-5-12/h6-7,11-12H,2-5,8-10H2,1H3. The van der Waals surface area contributed by atoms with Gasteiger partial charge in [-0.1, -0.05) is 12.8 Å². The molecule has 0 aromatic carbocycles. The Kier molecular flexibility index (Phi) is 4.57. The zero-order valence-electron chi connectivity index (χ0n) is 12.8. The first-order valence-corrected chi connectivity index (χ1v) is 8.62. The van der Waals surface area contributed by atoms with Crippen LogP contribution >= 0.6 is 15.9 Å². The van der Waals surface area contributed by atoms with Gasteiger partial charge in [0.25, 0.3) is 0 Å². The van der Waals surface area contributed by atoms with Crippen molar-refractivity contribution in [2.75, 3.05) is 13.6 Å². The first-order chi connectivity index (χ1) is 10.5. The number of amides is 2. The van der Waals surface area contributed by atoms with Crippen molar-refractivity contribution in [3.8, 4) is 0 Å². The molecule has 1 aliphatic heterocycles. The Labute approximate surface area is 138 Å². The van der Waals surface area contributed by atoms with E-state index in [0.29, 0.717) is 30.2 Å². The molecule has 6 heteroatoms. The van der Waals surface area contributed by atoms with E-state index in [1.54, 1.807) is 11.9 Å². The van der Waals surface area contributed by atoms with Gasteiger partial charge >= 0.3 is 0 Å². The molecule has 1 aromatic heterocycles. The second-order valence-corrected chi connectivity index (χ2v) is 7.07. The SMILES string of the molecule is CN(Cc1ccc(Br)o1)C(=O)C1CC(=O)N(C2CCCC2)C1. The fourth-order valence-electron chi connectivity index (χ4n) is 3.53. The molecule has 1 atom stereocenters. The van der Waals surface area contributed by atoms with Gasteiger partial charge < -0.3 is 14.2 Å². The van der Waals surface area contributed by atoms with Crippen molar-refractivity contribution >= 4 is 27.7 Å². The minimum absolute atomic E-state index is 0.0290. The van der Waals surface area contributed by atoms with Crippen LogP contribution in [0, 0.1) is 5.92 Å². The molecule has 1 saturated carbocycles. The molecule has 5 nitrogen and oxygen atoms in total. The highest BCUT2D eigenvalue weighted by Crippen LogP contribution is 2.30. The molecule has 0 N–H and O–H groups in total. The van der Waals surface area contributed by atoms with Gasteiger partial charge in [-0.3, -0.25) is 9.59 Å². The highest BCUT2D eigenvalue weighted by molar-refractivity contribution is 9.10. The number of hydrogen-bond acceptors (Lipinski definition) is 3. The number of carbonyl (C=O) groups is 2. The lowest BCUT2D eigenvalue weighted by atomic mass is 10.1. The summed E-state index contributed by atoms with van der Waals surface area (Å²) in [5.74, 6) is 0.692. The molecule has 0 radical (unpaired) electrons. The summed E-state index contributed by atoms with van der Waals surface area (Å²) < 4.78 is 6.09. The first kappa shape index (κ1) is 15.6. The summed E-state index contributed by atoms with van der Waals surface area (Å²) in [6.45, 7) is 1.01. The maximum atomic E-state index is 12.6. The summed E-state index contributed by atoms with van der Waals surface area (Å²) in [5.41, 5.74) is 0. The Hall–Kier alpha value is -1.30. The maximum Gasteiger partial charge on any atom is 0.228 e. The largest absolute Gasteiger partial charge is 0.452 e. The smallest absolute Gasteiger partial charge is 0.228 e. The maximum absolute atomic E-state index is 12.6. The molecule has 3 rings (SSSR count).